The van der Waals surface area contributed by atoms with E-state index in [1.165, 1.54) is 12.3 Å². The molecule has 8 heteroatoms. The van der Waals surface area contributed by atoms with Crippen molar-refractivity contribution in [2.24, 2.45) is 0 Å². The summed E-state index contributed by atoms with van der Waals surface area (Å²) in [5.74, 6) is -1.45. The fourth-order valence-corrected chi connectivity index (χ4v) is 1.60. The van der Waals surface area contributed by atoms with Gasteiger partial charge in [-0.1, -0.05) is 30.8 Å². The molecule has 0 aliphatic carbocycles. The molecule has 0 aromatic heterocycles. The van der Waals surface area contributed by atoms with Crippen LogP contribution in [0.4, 0.5) is 4.39 Å². The molecule has 0 aromatic rings. The Labute approximate surface area is 151 Å². The molecule has 0 aliphatic rings. The number of halogens is 2. The summed E-state index contributed by atoms with van der Waals surface area (Å²) < 4.78 is 22.4. The second-order valence-electron chi connectivity index (χ2n) is 4.81. The molecule has 0 heterocycles. The molecule has 0 fully saturated rings. The van der Waals surface area contributed by atoms with Crippen molar-refractivity contribution in [1.82, 2.24) is 10.6 Å². The fraction of sp³-hybridized carbons (Fsp3) is 0.294. The minimum absolute atomic E-state index is 0.155. The van der Waals surface area contributed by atoms with E-state index >= 15 is 0 Å². The summed E-state index contributed by atoms with van der Waals surface area (Å²) in [5.41, 5.74) is 1.17. The lowest BCUT2D eigenvalue weighted by molar-refractivity contribution is -0.124. The molecule has 2 amide bonds. The van der Waals surface area contributed by atoms with Crippen LogP contribution in [-0.4, -0.2) is 31.1 Å². The number of amides is 2. The van der Waals surface area contributed by atoms with Gasteiger partial charge in [0.05, 0.1) is 12.5 Å². The van der Waals surface area contributed by atoms with Gasteiger partial charge in [0, 0.05) is 29.8 Å². The molecule has 0 saturated carbocycles. The monoisotopic (exact) mass is 372 g/mol. The van der Waals surface area contributed by atoms with Crippen LogP contribution in [0.15, 0.2) is 61.0 Å². The number of ether oxygens (including phenoxy) is 2. The van der Waals surface area contributed by atoms with Crippen LogP contribution < -0.4 is 10.6 Å². The van der Waals surface area contributed by atoms with Crippen molar-refractivity contribution in [2.75, 3.05) is 13.2 Å². The average molecular weight is 373 g/mol. The van der Waals surface area contributed by atoms with Crippen LogP contribution in [0.1, 0.15) is 13.3 Å². The SMILES string of the molecule is C=C/C=C/OCC(=O)NC(=C)CC(C)NC(=O)CO/C=C/C(F)=C/Cl. The van der Waals surface area contributed by atoms with Gasteiger partial charge in [-0.05, 0) is 13.0 Å². The Balaban J connectivity index is 4.01. The zero-order valence-corrected chi connectivity index (χ0v) is 14.7. The van der Waals surface area contributed by atoms with Crippen molar-refractivity contribution in [3.63, 3.8) is 0 Å². The molecule has 0 aliphatic heterocycles. The smallest absolute Gasteiger partial charge is 0.261 e. The van der Waals surface area contributed by atoms with E-state index in [4.69, 9.17) is 21.1 Å². The van der Waals surface area contributed by atoms with Gasteiger partial charge in [-0.15, -0.1) is 0 Å². The third kappa shape index (κ3) is 13.6. The molecular weight excluding hydrogens is 351 g/mol. The molecule has 0 saturated heterocycles. The van der Waals surface area contributed by atoms with Gasteiger partial charge in [-0.3, -0.25) is 9.59 Å². The number of hydrogen-bond acceptors (Lipinski definition) is 4. The van der Waals surface area contributed by atoms with Crippen LogP contribution in [0.3, 0.4) is 0 Å². The summed E-state index contributed by atoms with van der Waals surface area (Å²) in [6, 6.07) is -0.283. The summed E-state index contributed by atoms with van der Waals surface area (Å²) in [5, 5.41) is 5.21. The van der Waals surface area contributed by atoms with E-state index in [1.807, 2.05) is 0 Å². The summed E-state index contributed by atoms with van der Waals surface area (Å²) in [6.07, 6.45) is 6.76. The van der Waals surface area contributed by atoms with E-state index in [2.05, 4.69) is 23.8 Å². The van der Waals surface area contributed by atoms with Gasteiger partial charge >= 0.3 is 0 Å². The van der Waals surface area contributed by atoms with Gasteiger partial charge in [0.25, 0.3) is 11.8 Å². The molecule has 0 rings (SSSR count). The highest BCUT2D eigenvalue weighted by atomic mass is 35.5. The molecule has 2 N–H and O–H groups in total. The van der Waals surface area contributed by atoms with Gasteiger partial charge < -0.3 is 20.1 Å². The highest BCUT2D eigenvalue weighted by molar-refractivity contribution is 6.25. The normalized spacial score (nSPS) is 12.7. The van der Waals surface area contributed by atoms with Crippen LogP contribution in [0, 0.1) is 0 Å². The lowest BCUT2D eigenvalue weighted by atomic mass is 10.2. The van der Waals surface area contributed by atoms with Crippen LogP contribution in [-0.2, 0) is 19.1 Å². The first-order valence-electron chi connectivity index (χ1n) is 7.29. The Morgan fingerprint density at radius 3 is 2.52 bits per heavy atom. The second kappa shape index (κ2) is 13.9. The topological polar surface area (TPSA) is 76.7 Å². The summed E-state index contributed by atoms with van der Waals surface area (Å²) in [6.45, 7) is 8.48. The number of carbonyl (C=O) groups excluding carboxylic acids is 2. The first kappa shape index (κ1) is 22.5. The average Bonchev–Trinajstić information content (AvgIpc) is 2.54. The van der Waals surface area contributed by atoms with Crippen LogP contribution >= 0.6 is 11.6 Å². The Morgan fingerprint density at radius 1 is 1.24 bits per heavy atom. The number of rotatable bonds is 12. The molecule has 0 aromatic carbocycles. The minimum Gasteiger partial charge on any atom is -0.491 e. The molecule has 0 radical (unpaired) electrons. The second-order valence-corrected chi connectivity index (χ2v) is 5.03. The maximum atomic E-state index is 12.6. The standard InChI is InChI=1S/C17H22ClFN2O4/c1-4-5-7-24-11-16(22)20-13(2)9-14(3)21-17(23)12-25-8-6-15(19)10-18/h4-8,10,14H,1-2,9,11-12H2,3H3,(H,20,22)(H,21,23)/b7-5+,8-6+,15-10-. The van der Waals surface area contributed by atoms with Crippen LogP contribution in [0.25, 0.3) is 0 Å². The van der Waals surface area contributed by atoms with E-state index < -0.39 is 11.7 Å². The largest absolute Gasteiger partial charge is 0.491 e. The molecule has 0 bridgehead atoms. The maximum absolute atomic E-state index is 12.6. The first-order valence-corrected chi connectivity index (χ1v) is 7.72. The quantitative estimate of drug-likeness (QED) is 0.408. The number of allylic oxidation sites excluding steroid dienone is 4. The van der Waals surface area contributed by atoms with Gasteiger partial charge in [0.1, 0.15) is 5.83 Å². The summed E-state index contributed by atoms with van der Waals surface area (Å²) in [7, 11) is 0. The highest BCUT2D eigenvalue weighted by Crippen LogP contribution is 2.01. The Kier molecular flexibility index (Phi) is 12.5. The Morgan fingerprint density at radius 2 is 1.88 bits per heavy atom. The number of hydrogen-bond donors (Lipinski definition) is 2. The van der Waals surface area contributed by atoms with E-state index in [-0.39, 0.29) is 25.2 Å². The van der Waals surface area contributed by atoms with Crippen LogP contribution in [0.2, 0.25) is 0 Å². The van der Waals surface area contributed by atoms with Gasteiger partial charge in [0.15, 0.2) is 13.2 Å². The van der Waals surface area contributed by atoms with Crippen molar-refractivity contribution in [2.45, 2.75) is 19.4 Å². The van der Waals surface area contributed by atoms with E-state index in [0.29, 0.717) is 12.1 Å². The molecular formula is C17H22ClFN2O4. The summed E-state index contributed by atoms with van der Waals surface area (Å²) >= 11 is 5.11. The first-order chi connectivity index (χ1) is 11.9. The van der Waals surface area contributed by atoms with Crippen molar-refractivity contribution in [1.29, 1.82) is 0 Å². The van der Waals surface area contributed by atoms with Crippen molar-refractivity contribution < 1.29 is 23.5 Å². The van der Waals surface area contributed by atoms with Crippen LogP contribution in [0.5, 0.6) is 0 Å². The highest BCUT2D eigenvalue weighted by Gasteiger charge is 2.10. The predicted molar refractivity (Wildman–Crippen MR) is 94.9 cm³/mol. The van der Waals surface area contributed by atoms with Gasteiger partial charge in [0.2, 0.25) is 0 Å². The van der Waals surface area contributed by atoms with Crippen molar-refractivity contribution in [3.05, 3.63) is 61.0 Å². The maximum Gasteiger partial charge on any atom is 0.261 e. The Bertz CT molecular complexity index is 559. The van der Waals surface area contributed by atoms with Gasteiger partial charge in [-0.2, -0.15) is 0 Å². The zero-order chi connectivity index (χ0) is 19.1. The third-order valence-corrected chi connectivity index (χ3v) is 2.65. The van der Waals surface area contributed by atoms with E-state index in [9.17, 15) is 14.0 Å². The van der Waals surface area contributed by atoms with E-state index in [0.717, 1.165) is 17.9 Å². The zero-order valence-electron chi connectivity index (χ0n) is 14.0. The summed E-state index contributed by atoms with van der Waals surface area (Å²) in [4.78, 5) is 23.2. The minimum atomic E-state index is -0.688. The Hall–Kier alpha value is -2.54. The van der Waals surface area contributed by atoms with E-state index in [1.54, 1.807) is 13.0 Å². The molecule has 25 heavy (non-hydrogen) atoms. The molecule has 138 valence electrons. The van der Waals surface area contributed by atoms with Crippen molar-refractivity contribution in [3.8, 4) is 0 Å². The third-order valence-electron chi connectivity index (χ3n) is 2.44. The molecule has 1 unspecified atom stereocenters. The molecule has 0 spiro atoms. The molecule has 1 atom stereocenters. The van der Waals surface area contributed by atoms with Crippen molar-refractivity contribution >= 4 is 23.4 Å². The predicted octanol–water partition coefficient (Wildman–Crippen LogP) is 2.81. The fourth-order valence-electron chi connectivity index (χ4n) is 1.53. The number of carbonyl (C=O) groups is 2. The van der Waals surface area contributed by atoms with Gasteiger partial charge in [-0.25, -0.2) is 4.39 Å². The lowest BCUT2D eigenvalue weighted by Gasteiger charge is -2.16. The lowest BCUT2D eigenvalue weighted by Crippen LogP contribution is -2.37. The molecule has 6 nitrogen and oxygen atoms in total. The number of nitrogens with one attached hydrogen (secondary N) is 2.